The number of rotatable bonds is 2. The van der Waals surface area contributed by atoms with Crippen LogP contribution in [-0.2, 0) is 6.54 Å². The van der Waals surface area contributed by atoms with E-state index in [2.05, 4.69) is 5.32 Å². The molecule has 0 saturated heterocycles. The summed E-state index contributed by atoms with van der Waals surface area (Å²) in [4.78, 5) is 0. The summed E-state index contributed by atoms with van der Waals surface area (Å²) >= 11 is 0. The number of hydrogen-bond donors (Lipinski definition) is 1. The first-order valence-corrected chi connectivity index (χ1v) is 4.11. The van der Waals surface area contributed by atoms with E-state index < -0.39 is 0 Å². The van der Waals surface area contributed by atoms with Crippen molar-refractivity contribution >= 4 is 11.0 Å². The summed E-state index contributed by atoms with van der Waals surface area (Å²) in [6.07, 6.45) is 1.57. The minimum atomic E-state index is -0.223. The van der Waals surface area contributed by atoms with Gasteiger partial charge in [-0.15, -0.1) is 0 Å². The van der Waals surface area contributed by atoms with Gasteiger partial charge in [-0.05, 0) is 25.2 Å². The number of furan rings is 1. The minimum Gasteiger partial charge on any atom is -0.464 e. The molecule has 0 amide bonds. The van der Waals surface area contributed by atoms with Crippen LogP contribution in [0.3, 0.4) is 0 Å². The van der Waals surface area contributed by atoms with E-state index >= 15 is 0 Å². The molecule has 2 rings (SSSR count). The van der Waals surface area contributed by atoms with Crippen molar-refractivity contribution in [1.82, 2.24) is 5.32 Å². The molecule has 0 aliphatic rings. The molecule has 2 aromatic rings. The molecule has 0 aliphatic carbocycles. The fourth-order valence-electron chi connectivity index (χ4n) is 1.44. The first-order chi connectivity index (χ1) is 6.31. The van der Waals surface area contributed by atoms with Gasteiger partial charge in [0, 0.05) is 17.5 Å². The van der Waals surface area contributed by atoms with E-state index in [1.165, 1.54) is 12.1 Å². The lowest BCUT2D eigenvalue weighted by Crippen LogP contribution is -2.05. The fraction of sp³-hybridized carbons (Fsp3) is 0.200. The first-order valence-electron chi connectivity index (χ1n) is 4.11. The zero-order chi connectivity index (χ0) is 9.26. The second-order valence-corrected chi connectivity index (χ2v) is 2.93. The van der Waals surface area contributed by atoms with Gasteiger partial charge in [-0.2, -0.15) is 0 Å². The van der Waals surface area contributed by atoms with E-state index in [1.54, 1.807) is 12.3 Å². The van der Waals surface area contributed by atoms with Gasteiger partial charge in [-0.3, -0.25) is 0 Å². The predicted octanol–water partition coefficient (Wildman–Crippen LogP) is 2.29. The van der Waals surface area contributed by atoms with Crippen molar-refractivity contribution < 1.29 is 8.81 Å². The van der Waals surface area contributed by atoms with Crippen molar-refractivity contribution in [2.75, 3.05) is 7.05 Å². The lowest BCUT2D eigenvalue weighted by molar-refractivity contribution is 0.599. The smallest absolute Gasteiger partial charge is 0.138 e. The van der Waals surface area contributed by atoms with Crippen LogP contribution in [0.25, 0.3) is 11.0 Å². The molecule has 68 valence electrons. The average molecular weight is 179 g/mol. The average Bonchev–Trinajstić information content (AvgIpc) is 2.52. The molecule has 0 unspecified atom stereocenters. The highest BCUT2D eigenvalue weighted by atomic mass is 19.1. The molecule has 2 nitrogen and oxygen atoms in total. The van der Waals surface area contributed by atoms with Crippen LogP contribution in [0.2, 0.25) is 0 Å². The van der Waals surface area contributed by atoms with E-state index in [9.17, 15) is 4.39 Å². The molecular weight excluding hydrogens is 169 g/mol. The highest BCUT2D eigenvalue weighted by Crippen LogP contribution is 2.21. The van der Waals surface area contributed by atoms with E-state index in [-0.39, 0.29) is 5.82 Å². The summed E-state index contributed by atoms with van der Waals surface area (Å²) in [5, 5.41) is 3.78. The summed E-state index contributed by atoms with van der Waals surface area (Å²) in [5.74, 6) is -0.223. The van der Waals surface area contributed by atoms with Gasteiger partial charge in [0.15, 0.2) is 0 Å². The van der Waals surface area contributed by atoms with Gasteiger partial charge in [0.1, 0.15) is 11.4 Å². The normalized spacial score (nSPS) is 10.9. The lowest BCUT2D eigenvalue weighted by Gasteiger charge is -2.00. The Kier molecular flexibility index (Phi) is 2.02. The summed E-state index contributed by atoms with van der Waals surface area (Å²) in [6, 6.07) is 4.72. The standard InChI is InChI=1S/C10H10FNO/c1-12-6-8-5-9(11)4-7-2-3-13-10(7)8/h2-5,12H,6H2,1H3. The molecule has 0 atom stereocenters. The Balaban J connectivity index is 2.63. The van der Waals surface area contributed by atoms with Crippen LogP contribution in [0.1, 0.15) is 5.56 Å². The number of benzene rings is 1. The minimum absolute atomic E-state index is 0.223. The Labute approximate surface area is 75.4 Å². The van der Waals surface area contributed by atoms with Crippen molar-refractivity contribution in [3.05, 3.63) is 35.8 Å². The highest BCUT2D eigenvalue weighted by molar-refractivity contribution is 5.80. The molecule has 0 bridgehead atoms. The van der Waals surface area contributed by atoms with Crippen molar-refractivity contribution in [2.24, 2.45) is 0 Å². The zero-order valence-corrected chi connectivity index (χ0v) is 7.30. The van der Waals surface area contributed by atoms with Gasteiger partial charge in [-0.25, -0.2) is 4.39 Å². The Morgan fingerprint density at radius 3 is 3.08 bits per heavy atom. The molecule has 3 heteroatoms. The number of fused-ring (bicyclic) bond motifs is 1. The number of nitrogens with one attached hydrogen (secondary N) is 1. The van der Waals surface area contributed by atoms with Crippen LogP contribution < -0.4 is 5.32 Å². The second-order valence-electron chi connectivity index (χ2n) is 2.93. The van der Waals surface area contributed by atoms with Crippen LogP contribution in [0.15, 0.2) is 28.9 Å². The van der Waals surface area contributed by atoms with Crippen LogP contribution in [0, 0.1) is 5.82 Å². The van der Waals surface area contributed by atoms with Gasteiger partial charge in [0.25, 0.3) is 0 Å². The van der Waals surface area contributed by atoms with Gasteiger partial charge in [-0.1, -0.05) is 0 Å². The SMILES string of the molecule is CNCc1cc(F)cc2ccoc12. The molecule has 1 aromatic carbocycles. The van der Waals surface area contributed by atoms with Crippen molar-refractivity contribution in [3.63, 3.8) is 0 Å². The van der Waals surface area contributed by atoms with E-state index in [0.717, 1.165) is 16.5 Å². The molecule has 1 N–H and O–H groups in total. The zero-order valence-electron chi connectivity index (χ0n) is 7.30. The summed E-state index contributed by atoms with van der Waals surface area (Å²) < 4.78 is 18.3. The van der Waals surface area contributed by atoms with E-state index in [1.807, 2.05) is 7.05 Å². The molecule has 0 fully saturated rings. The van der Waals surface area contributed by atoms with Gasteiger partial charge >= 0.3 is 0 Å². The quantitative estimate of drug-likeness (QED) is 0.765. The van der Waals surface area contributed by atoms with Crippen LogP contribution in [0.4, 0.5) is 4.39 Å². The largest absolute Gasteiger partial charge is 0.464 e. The van der Waals surface area contributed by atoms with Crippen molar-refractivity contribution in [3.8, 4) is 0 Å². The summed E-state index contributed by atoms with van der Waals surface area (Å²) in [5.41, 5.74) is 1.61. The predicted molar refractivity (Wildman–Crippen MR) is 48.9 cm³/mol. The fourth-order valence-corrected chi connectivity index (χ4v) is 1.44. The first kappa shape index (κ1) is 8.26. The molecular formula is C10H10FNO. The van der Waals surface area contributed by atoms with Crippen molar-refractivity contribution in [2.45, 2.75) is 6.54 Å². The van der Waals surface area contributed by atoms with Crippen LogP contribution in [0.5, 0.6) is 0 Å². The Morgan fingerprint density at radius 2 is 2.31 bits per heavy atom. The Morgan fingerprint density at radius 1 is 1.46 bits per heavy atom. The van der Waals surface area contributed by atoms with Crippen LogP contribution in [-0.4, -0.2) is 7.05 Å². The Bertz CT molecular complexity index is 422. The van der Waals surface area contributed by atoms with Gasteiger partial charge < -0.3 is 9.73 Å². The summed E-state index contributed by atoms with van der Waals surface area (Å²) in [6.45, 7) is 0.613. The maximum Gasteiger partial charge on any atom is 0.138 e. The summed E-state index contributed by atoms with van der Waals surface area (Å²) in [7, 11) is 1.82. The van der Waals surface area contributed by atoms with Crippen molar-refractivity contribution in [1.29, 1.82) is 0 Å². The molecule has 13 heavy (non-hydrogen) atoms. The molecule has 0 aliphatic heterocycles. The molecule has 0 radical (unpaired) electrons. The topological polar surface area (TPSA) is 25.2 Å². The van der Waals surface area contributed by atoms with E-state index in [4.69, 9.17) is 4.42 Å². The third-order valence-corrected chi connectivity index (χ3v) is 1.96. The number of hydrogen-bond acceptors (Lipinski definition) is 2. The third-order valence-electron chi connectivity index (χ3n) is 1.96. The highest BCUT2D eigenvalue weighted by Gasteiger charge is 2.05. The third kappa shape index (κ3) is 1.42. The van der Waals surface area contributed by atoms with E-state index in [0.29, 0.717) is 6.54 Å². The Hall–Kier alpha value is -1.35. The second kappa shape index (κ2) is 3.18. The lowest BCUT2D eigenvalue weighted by atomic mass is 10.1. The van der Waals surface area contributed by atoms with Gasteiger partial charge in [0.2, 0.25) is 0 Å². The monoisotopic (exact) mass is 179 g/mol. The molecule has 0 spiro atoms. The van der Waals surface area contributed by atoms with Gasteiger partial charge in [0.05, 0.1) is 6.26 Å². The maximum atomic E-state index is 13.0. The molecule has 1 heterocycles. The number of halogens is 1. The molecule has 0 saturated carbocycles. The molecule has 1 aromatic heterocycles. The van der Waals surface area contributed by atoms with Crippen LogP contribution >= 0.6 is 0 Å². The maximum absolute atomic E-state index is 13.0.